The maximum absolute atomic E-state index is 12.4. The normalized spacial score (nSPS) is 25.2. The van der Waals surface area contributed by atoms with Crippen LogP contribution in [0.15, 0.2) is 24.3 Å². The molecule has 94 valence electrons. The molecule has 0 aliphatic carbocycles. The molecule has 0 saturated carbocycles. The highest BCUT2D eigenvalue weighted by Gasteiger charge is 2.31. The highest BCUT2D eigenvalue weighted by atomic mass is 79.9. The molecule has 0 aromatic heterocycles. The van der Waals surface area contributed by atoms with Gasteiger partial charge in [0.25, 0.3) is 0 Å². The molecule has 1 heterocycles. The first-order valence-corrected chi connectivity index (χ1v) is 6.47. The van der Waals surface area contributed by atoms with Crippen LogP contribution in [0.25, 0.3) is 0 Å². The molecule has 0 unspecified atom stereocenters. The van der Waals surface area contributed by atoms with E-state index >= 15 is 0 Å². The van der Waals surface area contributed by atoms with Crippen molar-refractivity contribution < 1.29 is 17.9 Å². The Bertz CT molecular complexity index is 374. The van der Waals surface area contributed by atoms with Gasteiger partial charge in [-0.05, 0) is 24.1 Å². The van der Waals surface area contributed by atoms with E-state index in [9.17, 15) is 13.2 Å². The number of benzene rings is 1. The summed E-state index contributed by atoms with van der Waals surface area (Å²) in [5.41, 5.74) is 0.318. The van der Waals surface area contributed by atoms with E-state index in [0.717, 1.165) is 29.4 Å². The molecule has 2 rings (SSSR count). The summed E-state index contributed by atoms with van der Waals surface area (Å²) in [7, 11) is 0. The van der Waals surface area contributed by atoms with Gasteiger partial charge in [-0.2, -0.15) is 13.2 Å². The van der Waals surface area contributed by atoms with Gasteiger partial charge in [-0.25, -0.2) is 0 Å². The standard InChI is InChI=1S/C12H12BrF3O/c13-6-11-5-9(7-17-11)8-1-3-10(4-2-8)12(14,15)16/h1-4,9,11H,5-7H2/t9-,11+/m0/s1. The summed E-state index contributed by atoms with van der Waals surface area (Å²) < 4.78 is 42.6. The van der Waals surface area contributed by atoms with Gasteiger partial charge in [-0.3, -0.25) is 0 Å². The second kappa shape index (κ2) is 4.98. The zero-order valence-corrected chi connectivity index (χ0v) is 10.6. The maximum atomic E-state index is 12.4. The van der Waals surface area contributed by atoms with Crippen molar-refractivity contribution in [2.24, 2.45) is 0 Å². The molecule has 0 N–H and O–H groups in total. The molecule has 5 heteroatoms. The van der Waals surface area contributed by atoms with Crippen LogP contribution >= 0.6 is 15.9 Å². The zero-order valence-electron chi connectivity index (χ0n) is 9.01. The minimum absolute atomic E-state index is 0.169. The van der Waals surface area contributed by atoms with Crippen LogP contribution in [0.2, 0.25) is 0 Å². The lowest BCUT2D eigenvalue weighted by atomic mass is 9.96. The molecule has 2 atom stereocenters. The first-order valence-electron chi connectivity index (χ1n) is 5.35. The van der Waals surface area contributed by atoms with Gasteiger partial charge in [0.05, 0.1) is 18.3 Å². The first-order chi connectivity index (χ1) is 8.00. The molecular formula is C12H12BrF3O. The van der Waals surface area contributed by atoms with Crippen LogP contribution in [0.3, 0.4) is 0 Å². The van der Waals surface area contributed by atoms with E-state index in [4.69, 9.17) is 4.74 Å². The SMILES string of the molecule is FC(F)(F)c1ccc([C@@H]2CO[C@@H](CBr)C2)cc1. The third-order valence-corrected chi connectivity index (χ3v) is 3.68. The quantitative estimate of drug-likeness (QED) is 0.751. The minimum atomic E-state index is -4.26. The summed E-state index contributed by atoms with van der Waals surface area (Å²) in [6.45, 7) is 0.585. The Kier molecular flexibility index (Phi) is 3.78. The Morgan fingerprint density at radius 2 is 1.88 bits per heavy atom. The van der Waals surface area contributed by atoms with E-state index in [1.54, 1.807) is 12.1 Å². The molecular weight excluding hydrogens is 297 g/mol. The van der Waals surface area contributed by atoms with E-state index in [2.05, 4.69) is 15.9 Å². The predicted molar refractivity (Wildman–Crippen MR) is 62.3 cm³/mol. The Labute approximate surface area is 106 Å². The molecule has 1 fully saturated rings. The Morgan fingerprint density at radius 3 is 2.35 bits per heavy atom. The molecule has 0 bridgehead atoms. The summed E-state index contributed by atoms with van der Waals surface area (Å²) in [6.07, 6.45) is -3.23. The molecule has 1 aromatic rings. The second-order valence-corrected chi connectivity index (χ2v) is 4.81. The van der Waals surface area contributed by atoms with Crippen LogP contribution in [0, 0.1) is 0 Å². The van der Waals surface area contributed by atoms with E-state index in [1.807, 2.05) is 0 Å². The van der Waals surface area contributed by atoms with Gasteiger partial charge in [-0.15, -0.1) is 0 Å². The lowest BCUT2D eigenvalue weighted by Gasteiger charge is -2.11. The average molecular weight is 309 g/mol. The van der Waals surface area contributed by atoms with Crippen molar-refractivity contribution in [3.63, 3.8) is 0 Å². The van der Waals surface area contributed by atoms with Crippen molar-refractivity contribution in [1.29, 1.82) is 0 Å². The van der Waals surface area contributed by atoms with Crippen LogP contribution in [0.4, 0.5) is 13.2 Å². The van der Waals surface area contributed by atoms with Crippen LogP contribution in [0.1, 0.15) is 23.5 Å². The molecule has 1 nitrogen and oxygen atoms in total. The van der Waals surface area contributed by atoms with Gasteiger partial charge in [0, 0.05) is 11.2 Å². The molecule has 1 aliphatic heterocycles. The fourth-order valence-electron chi connectivity index (χ4n) is 1.99. The van der Waals surface area contributed by atoms with E-state index < -0.39 is 11.7 Å². The Morgan fingerprint density at radius 1 is 1.24 bits per heavy atom. The predicted octanol–water partition coefficient (Wildman–Crippen LogP) is 3.97. The summed E-state index contributed by atoms with van der Waals surface area (Å²) in [5.74, 6) is 0.208. The lowest BCUT2D eigenvalue weighted by Crippen LogP contribution is -2.06. The second-order valence-electron chi connectivity index (χ2n) is 4.16. The number of alkyl halides is 4. The third-order valence-electron chi connectivity index (χ3n) is 2.96. The van der Waals surface area contributed by atoms with Crippen LogP contribution in [-0.2, 0) is 10.9 Å². The maximum Gasteiger partial charge on any atom is 0.416 e. The Hall–Kier alpha value is -0.550. The molecule has 1 saturated heterocycles. The van der Waals surface area contributed by atoms with E-state index in [1.165, 1.54) is 0 Å². The number of ether oxygens (including phenoxy) is 1. The molecule has 1 aromatic carbocycles. The number of hydrogen-bond donors (Lipinski definition) is 0. The fourth-order valence-corrected chi connectivity index (χ4v) is 2.44. The first kappa shape index (κ1) is 12.9. The van der Waals surface area contributed by atoms with Gasteiger partial charge in [0.2, 0.25) is 0 Å². The van der Waals surface area contributed by atoms with Gasteiger partial charge >= 0.3 is 6.18 Å². The van der Waals surface area contributed by atoms with Gasteiger partial charge in [-0.1, -0.05) is 28.1 Å². The minimum Gasteiger partial charge on any atom is -0.377 e. The van der Waals surface area contributed by atoms with Gasteiger partial charge in [0.1, 0.15) is 0 Å². The van der Waals surface area contributed by atoms with Crippen molar-refractivity contribution in [2.75, 3.05) is 11.9 Å². The van der Waals surface area contributed by atoms with Gasteiger partial charge in [0.15, 0.2) is 0 Å². The summed E-state index contributed by atoms with van der Waals surface area (Å²) in [5, 5.41) is 0.768. The van der Waals surface area contributed by atoms with Crippen LogP contribution < -0.4 is 0 Å². The fraction of sp³-hybridized carbons (Fsp3) is 0.500. The third kappa shape index (κ3) is 3.01. The molecule has 0 spiro atoms. The topological polar surface area (TPSA) is 9.23 Å². The van der Waals surface area contributed by atoms with Gasteiger partial charge < -0.3 is 4.74 Å². The zero-order chi connectivity index (χ0) is 12.5. The van der Waals surface area contributed by atoms with Crippen molar-refractivity contribution in [2.45, 2.75) is 24.6 Å². The molecule has 0 radical (unpaired) electrons. The largest absolute Gasteiger partial charge is 0.416 e. The van der Waals surface area contributed by atoms with Crippen LogP contribution in [-0.4, -0.2) is 18.0 Å². The van der Waals surface area contributed by atoms with Crippen molar-refractivity contribution >= 4 is 15.9 Å². The average Bonchev–Trinajstić information content (AvgIpc) is 2.76. The number of hydrogen-bond acceptors (Lipinski definition) is 1. The van der Waals surface area contributed by atoms with E-state index in [0.29, 0.717) is 6.61 Å². The van der Waals surface area contributed by atoms with Crippen molar-refractivity contribution in [3.8, 4) is 0 Å². The highest BCUT2D eigenvalue weighted by molar-refractivity contribution is 9.09. The Balaban J connectivity index is 2.09. The molecule has 17 heavy (non-hydrogen) atoms. The van der Waals surface area contributed by atoms with E-state index in [-0.39, 0.29) is 12.0 Å². The van der Waals surface area contributed by atoms with Crippen molar-refractivity contribution in [3.05, 3.63) is 35.4 Å². The number of rotatable bonds is 2. The summed E-state index contributed by atoms with van der Waals surface area (Å²) in [4.78, 5) is 0. The van der Waals surface area contributed by atoms with Crippen LogP contribution in [0.5, 0.6) is 0 Å². The molecule has 0 amide bonds. The lowest BCUT2D eigenvalue weighted by molar-refractivity contribution is -0.137. The number of halogens is 4. The summed E-state index contributed by atoms with van der Waals surface area (Å²) >= 11 is 3.34. The monoisotopic (exact) mass is 308 g/mol. The smallest absolute Gasteiger partial charge is 0.377 e. The summed E-state index contributed by atoms with van der Waals surface area (Å²) in [6, 6.07) is 5.37. The van der Waals surface area contributed by atoms with Crippen molar-refractivity contribution in [1.82, 2.24) is 0 Å². The highest BCUT2D eigenvalue weighted by Crippen LogP contribution is 2.33. The molecule has 1 aliphatic rings.